The average Bonchev–Trinajstić information content (AvgIpc) is 2.89. The summed E-state index contributed by atoms with van der Waals surface area (Å²) in [6.07, 6.45) is 7.24. The highest BCUT2D eigenvalue weighted by molar-refractivity contribution is 5.56. The third kappa shape index (κ3) is 6.24. The lowest BCUT2D eigenvalue weighted by Gasteiger charge is -2.28. The van der Waals surface area contributed by atoms with Crippen LogP contribution in [-0.2, 0) is 6.42 Å². The standard InChI is InChI=1S/C28H27F2N5O2/c1-34-8-5-19(6-9-34)18-37-25-16-31-28(32-17-25)21-4-2-3-20(11-21)12-26-27(36)7-10-35(33-26)24-14-22(29)13-23(30)15-24/h2-4,7,10-11,13-17,19H,5-6,8-9,12,18H2,1H3. The Morgan fingerprint density at radius 2 is 1.73 bits per heavy atom. The van der Waals surface area contributed by atoms with Crippen LogP contribution in [0.15, 0.2) is 71.9 Å². The molecule has 37 heavy (non-hydrogen) atoms. The Labute approximate surface area is 213 Å². The minimum atomic E-state index is -0.719. The van der Waals surface area contributed by atoms with Gasteiger partial charge in [-0.2, -0.15) is 5.10 Å². The van der Waals surface area contributed by atoms with Crippen molar-refractivity contribution in [1.82, 2.24) is 24.6 Å². The molecule has 5 rings (SSSR count). The molecule has 1 saturated heterocycles. The van der Waals surface area contributed by atoms with Crippen LogP contribution >= 0.6 is 0 Å². The molecule has 0 radical (unpaired) electrons. The van der Waals surface area contributed by atoms with Crippen molar-refractivity contribution >= 4 is 0 Å². The van der Waals surface area contributed by atoms with E-state index in [1.165, 1.54) is 16.9 Å². The van der Waals surface area contributed by atoms with Crippen LogP contribution in [0.2, 0.25) is 0 Å². The van der Waals surface area contributed by atoms with Crippen molar-refractivity contribution in [2.75, 3.05) is 26.7 Å². The van der Waals surface area contributed by atoms with Gasteiger partial charge in [-0.1, -0.05) is 18.2 Å². The monoisotopic (exact) mass is 503 g/mol. The first-order chi connectivity index (χ1) is 17.9. The molecule has 4 aromatic rings. The Kier molecular flexibility index (Phi) is 7.32. The highest BCUT2D eigenvalue weighted by Gasteiger charge is 2.17. The highest BCUT2D eigenvalue weighted by atomic mass is 19.1. The van der Waals surface area contributed by atoms with Crippen LogP contribution in [0.3, 0.4) is 0 Å². The molecule has 0 unspecified atom stereocenters. The van der Waals surface area contributed by atoms with Crippen molar-refractivity contribution in [3.63, 3.8) is 0 Å². The lowest BCUT2D eigenvalue weighted by molar-refractivity contribution is 0.159. The summed E-state index contributed by atoms with van der Waals surface area (Å²) in [5.41, 5.74) is 1.81. The molecule has 7 nitrogen and oxygen atoms in total. The van der Waals surface area contributed by atoms with Crippen molar-refractivity contribution in [2.24, 2.45) is 5.92 Å². The van der Waals surface area contributed by atoms with Crippen LogP contribution in [0.4, 0.5) is 8.78 Å². The number of nitrogens with zero attached hydrogens (tertiary/aromatic N) is 5. The number of likely N-dealkylation sites (tertiary alicyclic amines) is 1. The zero-order valence-corrected chi connectivity index (χ0v) is 20.5. The number of benzene rings is 2. The van der Waals surface area contributed by atoms with E-state index in [0.717, 1.165) is 55.3 Å². The van der Waals surface area contributed by atoms with Crippen molar-refractivity contribution in [3.8, 4) is 22.8 Å². The molecule has 1 fully saturated rings. The molecule has 1 aliphatic heterocycles. The molecule has 2 aromatic heterocycles. The molecule has 0 amide bonds. The topological polar surface area (TPSA) is 73.1 Å². The van der Waals surface area contributed by atoms with Gasteiger partial charge in [0.2, 0.25) is 5.43 Å². The van der Waals surface area contributed by atoms with Crippen LogP contribution in [0.25, 0.3) is 17.1 Å². The van der Waals surface area contributed by atoms with Gasteiger partial charge in [0.15, 0.2) is 11.6 Å². The minimum absolute atomic E-state index is 0.194. The van der Waals surface area contributed by atoms with Crippen LogP contribution in [-0.4, -0.2) is 51.4 Å². The third-order valence-electron chi connectivity index (χ3n) is 6.50. The van der Waals surface area contributed by atoms with E-state index in [9.17, 15) is 13.6 Å². The second kappa shape index (κ2) is 11.0. The Hall–Kier alpha value is -3.98. The fourth-order valence-corrected chi connectivity index (χ4v) is 4.38. The van der Waals surface area contributed by atoms with Gasteiger partial charge in [-0.3, -0.25) is 4.79 Å². The number of ether oxygens (including phenoxy) is 1. The summed E-state index contributed by atoms with van der Waals surface area (Å²) in [6.45, 7) is 2.85. The highest BCUT2D eigenvalue weighted by Crippen LogP contribution is 2.21. The maximum absolute atomic E-state index is 13.6. The fourth-order valence-electron chi connectivity index (χ4n) is 4.38. The predicted molar refractivity (Wildman–Crippen MR) is 136 cm³/mol. The van der Waals surface area contributed by atoms with Gasteiger partial charge in [-0.05, 0) is 62.7 Å². The van der Waals surface area contributed by atoms with Crippen LogP contribution in [0.1, 0.15) is 24.1 Å². The molecule has 0 aliphatic carbocycles. The van der Waals surface area contributed by atoms with E-state index in [1.54, 1.807) is 12.4 Å². The Morgan fingerprint density at radius 1 is 1.00 bits per heavy atom. The normalized spacial score (nSPS) is 14.6. The van der Waals surface area contributed by atoms with Crippen molar-refractivity contribution in [2.45, 2.75) is 19.3 Å². The fraction of sp³-hybridized carbons (Fsp3) is 0.286. The van der Waals surface area contributed by atoms with Gasteiger partial charge in [0.1, 0.15) is 17.3 Å². The quantitative estimate of drug-likeness (QED) is 0.375. The summed E-state index contributed by atoms with van der Waals surface area (Å²) < 4.78 is 34.5. The van der Waals surface area contributed by atoms with Crippen molar-refractivity contribution in [3.05, 3.63) is 100 Å². The molecule has 0 atom stereocenters. The molecule has 0 spiro atoms. The van der Waals surface area contributed by atoms with Crippen molar-refractivity contribution in [1.29, 1.82) is 0 Å². The van der Waals surface area contributed by atoms with Gasteiger partial charge in [-0.15, -0.1) is 0 Å². The molecule has 9 heteroatoms. The number of piperidine rings is 1. The summed E-state index contributed by atoms with van der Waals surface area (Å²) in [5, 5.41) is 4.32. The SMILES string of the molecule is CN1CCC(COc2cnc(-c3cccc(Cc4nn(-c5cc(F)cc(F)c5)ccc4=O)c3)nc2)CC1. The van der Waals surface area contributed by atoms with E-state index in [1.807, 2.05) is 24.3 Å². The zero-order valence-electron chi connectivity index (χ0n) is 20.5. The van der Waals surface area contributed by atoms with Gasteiger partial charge < -0.3 is 9.64 Å². The number of halogens is 2. The molecule has 190 valence electrons. The summed E-state index contributed by atoms with van der Waals surface area (Å²) in [7, 11) is 2.14. The van der Waals surface area contributed by atoms with Crippen LogP contribution in [0, 0.1) is 17.6 Å². The first-order valence-electron chi connectivity index (χ1n) is 12.2. The van der Waals surface area contributed by atoms with E-state index in [2.05, 4.69) is 27.0 Å². The maximum Gasteiger partial charge on any atom is 0.203 e. The van der Waals surface area contributed by atoms with Gasteiger partial charge >= 0.3 is 0 Å². The molecule has 0 N–H and O–H groups in total. The van der Waals surface area contributed by atoms with Gasteiger partial charge in [-0.25, -0.2) is 23.4 Å². The second-order valence-corrected chi connectivity index (χ2v) is 9.38. The zero-order chi connectivity index (χ0) is 25.8. The smallest absolute Gasteiger partial charge is 0.203 e. The summed E-state index contributed by atoms with van der Waals surface area (Å²) in [4.78, 5) is 23.7. The Morgan fingerprint density at radius 3 is 2.46 bits per heavy atom. The van der Waals surface area contributed by atoms with Crippen LogP contribution < -0.4 is 10.2 Å². The molecular formula is C28H27F2N5O2. The molecule has 3 heterocycles. The number of rotatable bonds is 7. The summed E-state index contributed by atoms with van der Waals surface area (Å²) in [5.74, 6) is 0.290. The number of hydrogen-bond donors (Lipinski definition) is 0. The number of hydrogen-bond acceptors (Lipinski definition) is 6. The molecule has 2 aromatic carbocycles. The molecule has 0 bridgehead atoms. The van der Waals surface area contributed by atoms with E-state index in [0.29, 0.717) is 24.1 Å². The summed E-state index contributed by atoms with van der Waals surface area (Å²) in [6, 6.07) is 12.0. The number of aromatic nitrogens is 4. The van der Waals surface area contributed by atoms with E-state index in [-0.39, 0.29) is 23.2 Å². The second-order valence-electron chi connectivity index (χ2n) is 9.38. The Balaban J connectivity index is 1.28. The largest absolute Gasteiger partial charge is 0.490 e. The van der Waals surface area contributed by atoms with E-state index >= 15 is 0 Å². The minimum Gasteiger partial charge on any atom is -0.490 e. The molecular weight excluding hydrogens is 476 g/mol. The third-order valence-corrected chi connectivity index (χ3v) is 6.50. The van der Waals surface area contributed by atoms with Gasteiger partial charge in [0, 0.05) is 30.3 Å². The van der Waals surface area contributed by atoms with Gasteiger partial charge in [0.05, 0.1) is 24.7 Å². The first-order valence-corrected chi connectivity index (χ1v) is 12.2. The summed E-state index contributed by atoms with van der Waals surface area (Å²) >= 11 is 0. The molecule has 1 aliphatic rings. The predicted octanol–water partition coefficient (Wildman–Crippen LogP) is 4.28. The van der Waals surface area contributed by atoms with E-state index in [4.69, 9.17) is 4.74 Å². The first kappa shape index (κ1) is 24.7. The maximum atomic E-state index is 13.6. The van der Waals surface area contributed by atoms with Gasteiger partial charge in [0.25, 0.3) is 0 Å². The van der Waals surface area contributed by atoms with E-state index < -0.39 is 11.6 Å². The lowest BCUT2D eigenvalue weighted by Crippen LogP contribution is -2.32. The lowest BCUT2D eigenvalue weighted by atomic mass is 9.98. The van der Waals surface area contributed by atoms with Crippen molar-refractivity contribution < 1.29 is 13.5 Å². The Bertz CT molecular complexity index is 1410. The van der Waals surface area contributed by atoms with Crippen LogP contribution in [0.5, 0.6) is 5.75 Å². The average molecular weight is 504 g/mol. The molecule has 0 saturated carbocycles.